The van der Waals surface area contributed by atoms with E-state index in [9.17, 15) is 0 Å². The Labute approximate surface area is 610 Å². The fourth-order valence-electron chi connectivity index (χ4n) is 19.5. The molecule has 103 heavy (non-hydrogen) atoms. The Balaban J connectivity index is 0.926. The first kappa shape index (κ1) is 65.0. The highest BCUT2D eigenvalue weighted by Gasteiger charge is 2.46. The zero-order valence-corrected chi connectivity index (χ0v) is 63.4. The van der Waals surface area contributed by atoms with Crippen LogP contribution in [0.2, 0.25) is 0 Å². The van der Waals surface area contributed by atoms with Crippen LogP contribution in [0, 0.1) is 0 Å². The molecule has 0 radical (unpaired) electrons. The van der Waals surface area contributed by atoms with E-state index in [0.717, 1.165) is 52.7 Å². The number of aromatic nitrogens is 2. The number of rotatable bonds is 7. The quantitative estimate of drug-likeness (QED) is 0.148. The van der Waals surface area contributed by atoms with Crippen LogP contribution in [0.1, 0.15) is 169 Å². The number of benzene rings is 12. The minimum atomic E-state index is -0.173. The van der Waals surface area contributed by atoms with Crippen LogP contribution in [0.3, 0.4) is 0 Å². The van der Waals surface area contributed by atoms with Crippen molar-refractivity contribution in [2.45, 2.75) is 168 Å². The van der Waals surface area contributed by atoms with E-state index in [-0.39, 0.29) is 44.6 Å². The second kappa shape index (κ2) is 22.2. The van der Waals surface area contributed by atoms with E-state index in [0.29, 0.717) is 0 Å². The van der Waals surface area contributed by atoms with Gasteiger partial charge in [0.25, 0.3) is 6.71 Å². The Morgan fingerprint density at radius 2 is 0.670 bits per heavy atom. The summed E-state index contributed by atoms with van der Waals surface area (Å²) < 4.78 is 5.09. The van der Waals surface area contributed by atoms with Crippen LogP contribution in [0.4, 0.5) is 34.1 Å². The predicted octanol–water partition coefficient (Wildman–Crippen LogP) is 24.8. The third-order valence-corrected chi connectivity index (χ3v) is 24.3. The zero-order valence-electron chi connectivity index (χ0n) is 63.4. The third kappa shape index (κ3) is 10.2. The minimum absolute atomic E-state index is 0.0290. The number of nitrogens with zero attached hydrogens (tertiary/aromatic N) is 4. The van der Waals surface area contributed by atoms with Gasteiger partial charge in [0.1, 0.15) is 0 Å². The summed E-state index contributed by atoms with van der Waals surface area (Å²) in [7, 11) is 0. The molecule has 18 rings (SSSR count). The zero-order chi connectivity index (χ0) is 71.6. The van der Waals surface area contributed by atoms with Crippen molar-refractivity contribution in [3.05, 3.63) is 282 Å². The normalized spacial score (nSPS) is 16.2. The van der Waals surface area contributed by atoms with Gasteiger partial charge in [-0.3, -0.25) is 0 Å². The first-order valence-corrected chi connectivity index (χ1v) is 37.7. The van der Waals surface area contributed by atoms with E-state index in [1.54, 1.807) is 0 Å². The van der Waals surface area contributed by atoms with Crippen molar-refractivity contribution in [2.24, 2.45) is 0 Å². The molecule has 0 amide bonds. The SMILES string of the molecule is CC(C)(C)c1cccc(-c2ccc3c(c2)B2c4ccc(-n5c6ccc(C(C)(C)C)cc6c6cc(C(C)(C)C)ccc65)cc4N(c4ccc(-c5ccc6c(c5)C(C)(C)CC6(C)C)cc4)c4cc(-n5c6ccccc6c6ccccc65)cc(c42)N3c2ccc(-c3ccc4c(c3)C(C)(C)CC4(C)C)cc2)c1. The summed E-state index contributed by atoms with van der Waals surface area (Å²) in [6, 6.07) is 95.4. The Kier molecular flexibility index (Phi) is 14.0. The van der Waals surface area contributed by atoms with E-state index in [4.69, 9.17) is 0 Å². The molecule has 2 aliphatic heterocycles. The first-order chi connectivity index (χ1) is 48.9. The molecule has 510 valence electrons. The van der Waals surface area contributed by atoms with Crippen molar-refractivity contribution in [1.82, 2.24) is 9.13 Å². The molecular formula is C98H95BN4. The lowest BCUT2D eigenvalue weighted by Crippen LogP contribution is -2.61. The highest BCUT2D eigenvalue weighted by Crippen LogP contribution is 2.54. The van der Waals surface area contributed by atoms with E-state index >= 15 is 0 Å². The van der Waals surface area contributed by atoms with Crippen molar-refractivity contribution in [2.75, 3.05) is 9.80 Å². The highest BCUT2D eigenvalue weighted by atomic mass is 15.2. The predicted molar refractivity (Wildman–Crippen MR) is 443 cm³/mol. The number of anilines is 6. The van der Waals surface area contributed by atoms with Crippen molar-refractivity contribution < 1.29 is 0 Å². The summed E-state index contributed by atoms with van der Waals surface area (Å²) in [5.41, 5.74) is 35.2. The summed E-state index contributed by atoms with van der Waals surface area (Å²) in [6.45, 7) is 40.2. The van der Waals surface area contributed by atoms with Crippen molar-refractivity contribution in [3.63, 3.8) is 0 Å². The topological polar surface area (TPSA) is 16.3 Å². The second-order valence-electron chi connectivity index (χ2n) is 36.5. The van der Waals surface area contributed by atoms with Gasteiger partial charge in [-0.2, -0.15) is 0 Å². The Morgan fingerprint density at radius 3 is 1.17 bits per heavy atom. The number of fused-ring (bicyclic) bond motifs is 12. The van der Waals surface area contributed by atoms with Crippen molar-refractivity contribution in [1.29, 1.82) is 0 Å². The van der Waals surface area contributed by atoms with Crippen LogP contribution < -0.4 is 26.2 Å². The van der Waals surface area contributed by atoms with Gasteiger partial charge >= 0.3 is 0 Å². The van der Waals surface area contributed by atoms with Crippen LogP contribution in [0.25, 0.3) is 88.4 Å². The Bertz CT molecular complexity index is 5760. The molecule has 0 spiro atoms. The summed E-state index contributed by atoms with van der Waals surface area (Å²) in [4.78, 5) is 5.26. The molecule has 0 unspecified atom stereocenters. The molecule has 0 saturated heterocycles. The van der Waals surface area contributed by atoms with Gasteiger partial charge in [-0.15, -0.1) is 0 Å². The number of hydrogen-bond acceptors (Lipinski definition) is 2. The molecule has 0 saturated carbocycles. The van der Waals surface area contributed by atoms with Crippen LogP contribution >= 0.6 is 0 Å². The average Bonchev–Trinajstić information content (AvgIpc) is 1.13. The minimum Gasteiger partial charge on any atom is -0.311 e. The fraction of sp³-hybridized carbons (Fsp3) is 0.265. The standard InChI is InChI=1S/C98H95BN4/c1-92(2,3)66-24-22-23-62(49-66)65-35-46-87-82(52-65)99-81-45-42-71(102-85-47-36-67(93(4,5)6)53-75(85)76-54-68(94(7,8)9)37-48-86(76)102)55-88(81)101(70-40-31-61(32-41-70)64-34-44-78-80(51-64)98(16,17)59-96(78,12)13)90-57-72(103-83-27-20-18-25-73(83)74-26-19-21-28-84(74)103)56-89(91(90)99)100(87)69-38-29-60(30-39-69)63-33-43-77-79(50-63)97(14,15)58-95(77,10)11/h18-57H,58-59H2,1-17H3. The van der Waals surface area contributed by atoms with Gasteiger partial charge in [0.15, 0.2) is 0 Å². The summed E-state index contributed by atoms with van der Waals surface area (Å²) in [5, 5.41) is 5.03. The van der Waals surface area contributed by atoms with Gasteiger partial charge in [-0.05, 0) is 230 Å². The van der Waals surface area contributed by atoms with Crippen molar-refractivity contribution >= 4 is 101 Å². The molecule has 2 aromatic heterocycles. The number of para-hydroxylation sites is 2. The van der Waals surface area contributed by atoms with Crippen LogP contribution in [-0.2, 0) is 37.9 Å². The molecule has 2 aliphatic carbocycles. The molecule has 0 N–H and O–H groups in total. The second-order valence-corrected chi connectivity index (χ2v) is 36.5. The monoisotopic (exact) mass is 1340 g/mol. The maximum Gasteiger partial charge on any atom is 0.252 e. The molecule has 5 heteroatoms. The van der Waals surface area contributed by atoms with Crippen LogP contribution in [0.5, 0.6) is 0 Å². The molecule has 12 aromatic carbocycles. The van der Waals surface area contributed by atoms with Gasteiger partial charge in [-0.1, -0.05) is 269 Å². The number of hydrogen-bond donors (Lipinski definition) is 0. The molecule has 4 nitrogen and oxygen atoms in total. The summed E-state index contributed by atoms with van der Waals surface area (Å²) in [5.74, 6) is 0. The van der Waals surface area contributed by atoms with E-state index < -0.39 is 0 Å². The summed E-state index contributed by atoms with van der Waals surface area (Å²) in [6.07, 6.45) is 2.26. The maximum atomic E-state index is 2.65. The lowest BCUT2D eigenvalue weighted by Gasteiger charge is -2.44. The fourth-order valence-corrected chi connectivity index (χ4v) is 19.5. The van der Waals surface area contributed by atoms with Gasteiger partial charge in [0, 0.05) is 61.4 Å². The van der Waals surface area contributed by atoms with Gasteiger partial charge in [0.05, 0.1) is 27.8 Å². The lowest BCUT2D eigenvalue weighted by molar-refractivity contribution is 0.402. The largest absolute Gasteiger partial charge is 0.311 e. The lowest BCUT2D eigenvalue weighted by atomic mass is 9.33. The molecular weight excluding hydrogens is 1240 g/mol. The van der Waals surface area contributed by atoms with E-state index in [1.165, 1.54) is 138 Å². The molecule has 4 aliphatic rings. The average molecular weight is 1340 g/mol. The van der Waals surface area contributed by atoms with Gasteiger partial charge in [0.2, 0.25) is 0 Å². The first-order valence-electron chi connectivity index (χ1n) is 37.7. The molecule has 0 atom stereocenters. The smallest absolute Gasteiger partial charge is 0.252 e. The Morgan fingerprint density at radius 1 is 0.272 bits per heavy atom. The molecule has 0 bridgehead atoms. The maximum absolute atomic E-state index is 2.65. The molecule has 0 fully saturated rings. The highest BCUT2D eigenvalue weighted by molar-refractivity contribution is 7.00. The Hall–Kier alpha value is -10.1. The van der Waals surface area contributed by atoms with Crippen LogP contribution in [-0.4, -0.2) is 15.8 Å². The molecule has 4 heterocycles. The van der Waals surface area contributed by atoms with Crippen molar-refractivity contribution in [3.8, 4) is 44.8 Å². The van der Waals surface area contributed by atoms with Gasteiger partial charge < -0.3 is 18.9 Å². The molecule has 14 aromatic rings. The van der Waals surface area contributed by atoms with Gasteiger partial charge in [-0.25, -0.2) is 0 Å². The third-order valence-electron chi connectivity index (χ3n) is 24.3. The van der Waals surface area contributed by atoms with Crippen LogP contribution in [0.15, 0.2) is 243 Å². The van der Waals surface area contributed by atoms with E-state index in [1.807, 2.05) is 0 Å². The van der Waals surface area contributed by atoms with E-state index in [2.05, 4.69) is 379 Å². The summed E-state index contributed by atoms with van der Waals surface area (Å²) >= 11 is 0.